The number of anilines is 1. The molecule has 0 saturated carbocycles. The van der Waals surface area contributed by atoms with Crippen LogP contribution >= 0.6 is 0 Å². The summed E-state index contributed by atoms with van der Waals surface area (Å²) >= 11 is 0. The van der Waals surface area contributed by atoms with Crippen molar-refractivity contribution in [3.63, 3.8) is 0 Å². The third kappa shape index (κ3) is 4.75. The Kier molecular flexibility index (Phi) is 6.21. The lowest BCUT2D eigenvalue weighted by molar-refractivity contribution is 0.233. The van der Waals surface area contributed by atoms with Gasteiger partial charge in [0.25, 0.3) is 0 Å². The van der Waals surface area contributed by atoms with E-state index in [-0.39, 0.29) is 5.82 Å². The molecule has 2 heterocycles. The van der Waals surface area contributed by atoms with Gasteiger partial charge in [0.1, 0.15) is 5.82 Å². The first-order valence-corrected chi connectivity index (χ1v) is 10.3. The summed E-state index contributed by atoms with van der Waals surface area (Å²) in [5, 5.41) is 3.39. The zero-order valence-electron chi connectivity index (χ0n) is 17.3. The summed E-state index contributed by atoms with van der Waals surface area (Å²) < 4.78 is 13.1. The van der Waals surface area contributed by atoms with Crippen LogP contribution in [0.25, 0.3) is 17.0 Å². The fraction of sp³-hybridized carbons (Fsp3) is 0.240. The number of nitrogens with zero attached hydrogens (tertiary/aromatic N) is 3. The Morgan fingerprint density at radius 1 is 1.03 bits per heavy atom. The van der Waals surface area contributed by atoms with Crippen LogP contribution in [0.4, 0.5) is 10.1 Å². The fourth-order valence-corrected chi connectivity index (χ4v) is 3.66. The summed E-state index contributed by atoms with van der Waals surface area (Å²) in [4.78, 5) is 9.08. The minimum absolute atomic E-state index is 0.246. The second kappa shape index (κ2) is 9.20. The van der Waals surface area contributed by atoms with E-state index in [1.54, 1.807) is 12.1 Å². The Morgan fingerprint density at radius 2 is 1.73 bits per heavy atom. The molecule has 1 aromatic heterocycles. The third-order valence-corrected chi connectivity index (χ3v) is 5.58. The molecule has 0 amide bonds. The van der Waals surface area contributed by atoms with Gasteiger partial charge in [-0.25, -0.2) is 4.39 Å². The summed E-state index contributed by atoms with van der Waals surface area (Å²) in [6.07, 6.45) is 1.82. The Balaban J connectivity index is 1.41. The minimum atomic E-state index is -0.246. The maximum absolute atomic E-state index is 13.1. The molecular weight excluding hydrogens is 375 g/mol. The molecule has 1 saturated heterocycles. The first kappa shape index (κ1) is 20.3. The lowest BCUT2D eigenvalue weighted by Gasteiger charge is -2.27. The van der Waals surface area contributed by atoms with E-state index < -0.39 is 0 Å². The Bertz CT molecular complexity index is 975. The molecule has 1 fully saturated rings. The zero-order chi connectivity index (χ0) is 20.9. The van der Waals surface area contributed by atoms with E-state index >= 15 is 0 Å². The van der Waals surface area contributed by atoms with E-state index in [9.17, 15) is 4.39 Å². The molecule has 1 N–H and O–H groups in total. The molecule has 0 aliphatic carbocycles. The van der Waals surface area contributed by atoms with Crippen LogP contribution in [0.3, 0.4) is 0 Å². The van der Waals surface area contributed by atoms with Crippen LogP contribution in [-0.2, 0) is 6.54 Å². The predicted octanol–water partition coefficient (Wildman–Crippen LogP) is 4.40. The van der Waals surface area contributed by atoms with Crippen molar-refractivity contribution in [2.24, 2.45) is 0 Å². The van der Waals surface area contributed by atoms with Gasteiger partial charge >= 0.3 is 0 Å². The van der Waals surface area contributed by atoms with Gasteiger partial charge in [0.05, 0.1) is 5.69 Å². The average molecular weight is 403 g/mol. The molecule has 1 aliphatic rings. The van der Waals surface area contributed by atoms with Crippen molar-refractivity contribution in [1.82, 2.24) is 15.2 Å². The molecule has 4 rings (SSSR count). The van der Waals surface area contributed by atoms with Crippen LogP contribution in [0.2, 0.25) is 0 Å². The van der Waals surface area contributed by atoms with Crippen molar-refractivity contribution in [1.29, 1.82) is 0 Å². The summed E-state index contributed by atoms with van der Waals surface area (Å²) in [6.45, 7) is 9.56. The standard InChI is InChI=1S/C25H27FN4/c1-19(22-7-12-25(28-17-22)21-5-8-23(26)9-6-21)29(2)24-10-3-20(4-11-24)18-30-15-13-27-14-16-30/h3-12,17,27H,1,13-16,18H2,2H3. The lowest BCUT2D eigenvalue weighted by atomic mass is 10.1. The molecule has 0 unspecified atom stereocenters. The topological polar surface area (TPSA) is 31.4 Å². The highest BCUT2D eigenvalue weighted by Crippen LogP contribution is 2.25. The SMILES string of the molecule is C=C(c1ccc(-c2ccc(F)cc2)nc1)N(C)c1ccc(CN2CCNCC2)cc1. The maximum Gasteiger partial charge on any atom is 0.123 e. The van der Waals surface area contributed by atoms with E-state index in [0.717, 1.165) is 60.9 Å². The van der Waals surface area contributed by atoms with Crippen molar-refractivity contribution in [3.05, 3.63) is 90.4 Å². The van der Waals surface area contributed by atoms with Crippen LogP contribution in [0.5, 0.6) is 0 Å². The first-order chi connectivity index (χ1) is 14.6. The van der Waals surface area contributed by atoms with Gasteiger partial charge < -0.3 is 10.2 Å². The molecule has 0 radical (unpaired) electrons. The van der Waals surface area contributed by atoms with Crippen LogP contribution in [0.15, 0.2) is 73.4 Å². The lowest BCUT2D eigenvalue weighted by Crippen LogP contribution is -2.42. The van der Waals surface area contributed by atoms with Crippen LogP contribution in [0, 0.1) is 5.82 Å². The second-order valence-electron chi connectivity index (χ2n) is 7.64. The molecule has 5 heteroatoms. The Morgan fingerprint density at radius 3 is 2.37 bits per heavy atom. The number of nitrogens with one attached hydrogen (secondary N) is 1. The molecule has 4 nitrogen and oxygen atoms in total. The van der Waals surface area contributed by atoms with Crippen molar-refractivity contribution in [2.45, 2.75) is 6.54 Å². The summed E-state index contributed by atoms with van der Waals surface area (Å²) in [5.41, 5.74) is 5.95. The highest BCUT2D eigenvalue weighted by atomic mass is 19.1. The van der Waals surface area contributed by atoms with Gasteiger partial charge in [0.2, 0.25) is 0 Å². The van der Waals surface area contributed by atoms with Gasteiger partial charge in [-0.3, -0.25) is 9.88 Å². The maximum atomic E-state index is 13.1. The highest BCUT2D eigenvalue weighted by Gasteiger charge is 2.12. The fourth-order valence-electron chi connectivity index (χ4n) is 3.66. The number of halogens is 1. The van der Waals surface area contributed by atoms with Crippen LogP contribution < -0.4 is 10.2 Å². The van der Waals surface area contributed by atoms with Gasteiger partial charge in [-0.1, -0.05) is 18.7 Å². The van der Waals surface area contributed by atoms with E-state index in [1.807, 2.05) is 25.4 Å². The molecule has 154 valence electrons. The highest BCUT2D eigenvalue weighted by molar-refractivity contribution is 5.77. The minimum Gasteiger partial charge on any atom is -0.345 e. The third-order valence-electron chi connectivity index (χ3n) is 5.58. The number of hydrogen-bond acceptors (Lipinski definition) is 4. The molecule has 0 spiro atoms. The smallest absolute Gasteiger partial charge is 0.123 e. The second-order valence-corrected chi connectivity index (χ2v) is 7.64. The summed E-state index contributed by atoms with van der Waals surface area (Å²) in [5.74, 6) is -0.246. The zero-order valence-corrected chi connectivity index (χ0v) is 17.3. The number of piperazine rings is 1. The van der Waals surface area contributed by atoms with Gasteiger partial charge in [0.15, 0.2) is 0 Å². The van der Waals surface area contributed by atoms with E-state index in [2.05, 4.69) is 50.9 Å². The first-order valence-electron chi connectivity index (χ1n) is 10.3. The average Bonchev–Trinajstić information content (AvgIpc) is 2.80. The molecule has 3 aromatic rings. The van der Waals surface area contributed by atoms with Crippen molar-refractivity contribution in [3.8, 4) is 11.3 Å². The van der Waals surface area contributed by atoms with E-state index in [0.29, 0.717) is 0 Å². The van der Waals surface area contributed by atoms with E-state index in [1.165, 1.54) is 17.7 Å². The Labute approximate surface area is 177 Å². The largest absolute Gasteiger partial charge is 0.345 e. The number of hydrogen-bond donors (Lipinski definition) is 1. The normalized spacial score (nSPS) is 14.5. The van der Waals surface area contributed by atoms with Gasteiger partial charge in [-0.15, -0.1) is 0 Å². The number of pyridine rings is 1. The molecule has 30 heavy (non-hydrogen) atoms. The molecule has 1 aliphatic heterocycles. The number of aromatic nitrogens is 1. The Hall–Kier alpha value is -3.02. The van der Waals surface area contributed by atoms with Gasteiger partial charge in [-0.05, 0) is 54.1 Å². The van der Waals surface area contributed by atoms with Crippen LogP contribution in [-0.4, -0.2) is 43.1 Å². The van der Waals surface area contributed by atoms with E-state index in [4.69, 9.17) is 0 Å². The summed E-state index contributed by atoms with van der Waals surface area (Å²) in [7, 11) is 2.02. The molecular formula is C25H27FN4. The van der Waals surface area contributed by atoms with Crippen molar-refractivity contribution >= 4 is 11.4 Å². The molecule has 2 aromatic carbocycles. The molecule has 0 atom stereocenters. The van der Waals surface area contributed by atoms with Crippen molar-refractivity contribution in [2.75, 3.05) is 38.1 Å². The van der Waals surface area contributed by atoms with Crippen molar-refractivity contribution < 1.29 is 4.39 Å². The van der Waals surface area contributed by atoms with Gasteiger partial charge in [-0.2, -0.15) is 0 Å². The summed E-state index contributed by atoms with van der Waals surface area (Å²) in [6, 6.07) is 19.0. The van der Waals surface area contributed by atoms with Crippen LogP contribution in [0.1, 0.15) is 11.1 Å². The monoisotopic (exact) mass is 402 g/mol. The number of benzene rings is 2. The predicted molar refractivity (Wildman–Crippen MR) is 122 cm³/mol. The van der Waals surface area contributed by atoms with Gasteiger partial charge in [0, 0.05) is 68.5 Å². The molecule has 0 bridgehead atoms. The quantitative estimate of drug-likeness (QED) is 0.662. The number of rotatable bonds is 6.